The van der Waals surface area contributed by atoms with Crippen molar-refractivity contribution < 1.29 is 19.1 Å². The van der Waals surface area contributed by atoms with E-state index >= 15 is 0 Å². The van der Waals surface area contributed by atoms with Gasteiger partial charge in [0.1, 0.15) is 0 Å². The van der Waals surface area contributed by atoms with Crippen molar-refractivity contribution in [2.75, 3.05) is 6.79 Å². The number of hydrogen-bond acceptors (Lipinski definition) is 6. The van der Waals surface area contributed by atoms with Crippen molar-refractivity contribution in [3.8, 4) is 11.5 Å². The first-order valence-electron chi connectivity index (χ1n) is 7.65. The molecule has 2 aromatic rings. The maximum atomic E-state index is 12.6. The quantitative estimate of drug-likeness (QED) is 0.648. The molecule has 8 heteroatoms. The van der Waals surface area contributed by atoms with E-state index in [9.17, 15) is 9.59 Å². The van der Waals surface area contributed by atoms with Crippen molar-refractivity contribution in [2.24, 2.45) is 0 Å². The minimum absolute atomic E-state index is 0.187. The molecular weight excluding hydrogens is 372 g/mol. The Bertz CT molecular complexity index is 943. The van der Waals surface area contributed by atoms with Crippen LogP contribution in [0.3, 0.4) is 0 Å². The molecule has 1 fully saturated rings. The topological polar surface area (TPSA) is 67.9 Å². The molecule has 0 aliphatic carbocycles. The van der Waals surface area contributed by atoms with Crippen LogP contribution in [0.4, 0.5) is 0 Å². The van der Waals surface area contributed by atoms with Gasteiger partial charge >= 0.3 is 0 Å². The summed E-state index contributed by atoms with van der Waals surface area (Å²) in [6.07, 6.45) is 1.70. The van der Waals surface area contributed by atoms with Crippen LogP contribution in [0.5, 0.6) is 11.5 Å². The second-order valence-electron chi connectivity index (χ2n) is 5.44. The molecule has 2 aliphatic heterocycles. The Morgan fingerprint density at radius 2 is 1.92 bits per heavy atom. The van der Waals surface area contributed by atoms with Crippen molar-refractivity contribution in [3.63, 3.8) is 0 Å². The second-order valence-corrected chi connectivity index (χ2v) is 7.11. The average Bonchev–Trinajstić information content (AvgIpc) is 3.22. The van der Waals surface area contributed by atoms with Crippen LogP contribution in [0.1, 0.15) is 15.9 Å². The van der Waals surface area contributed by atoms with E-state index in [4.69, 9.17) is 21.7 Å². The minimum atomic E-state index is -0.397. The number of carbonyl (C=O) groups is 2. The van der Waals surface area contributed by atoms with Crippen LogP contribution < -0.4 is 14.9 Å². The number of amides is 2. The summed E-state index contributed by atoms with van der Waals surface area (Å²) in [6, 6.07) is 14.0. The van der Waals surface area contributed by atoms with Crippen LogP contribution in [-0.2, 0) is 4.79 Å². The molecule has 0 unspecified atom stereocenters. The van der Waals surface area contributed by atoms with E-state index in [0.717, 1.165) is 22.3 Å². The predicted octanol–water partition coefficient (Wildman–Crippen LogP) is 2.96. The van der Waals surface area contributed by atoms with Crippen LogP contribution in [0.15, 0.2) is 53.4 Å². The fraction of sp³-hybridized carbons (Fsp3) is 0.0556. The maximum Gasteiger partial charge on any atom is 0.285 e. The van der Waals surface area contributed by atoms with Gasteiger partial charge in [0.15, 0.2) is 15.8 Å². The fourth-order valence-electron chi connectivity index (χ4n) is 2.47. The number of thiocarbonyl (C=S) groups is 1. The normalized spacial score (nSPS) is 17.1. The number of nitrogens with zero attached hydrogens (tertiary/aromatic N) is 1. The molecule has 0 bridgehead atoms. The fourth-order valence-corrected chi connectivity index (χ4v) is 3.65. The Balaban J connectivity index is 1.53. The van der Waals surface area contributed by atoms with Crippen LogP contribution in [0.25, 0.3) is 6.08 Å². The molecule has 2 amide bonds. The highest BCUT2D eigenvalue weighted by atomic mass is 32.2. The third-order valence-electron chi connectivity index (χ3n) is 3.74. The lowest BCUT2D eigenvalue weighted by Gasteiger charge is -2.15. The van der Waals surface area contributed by atoms with Crippen molar-refractivity contribution >= 4 is 46.2 Å². The minimum Gasteiger partial charge on any atom is -0.454 e. The number of nitrogens with one attached hydrogen (secondary N) is 1. The number of carbonyl (C=O) groups excluding carboxylic acids is 2. The van der Waals surface area contributed by atoms with Crippen LogP contribution in [0, 0.1) is 0 Å². The van der Waals surface area contributed by atoms with E-state index in [2.05, 4.69) is 5.43 Å². The summed E-state index contributed by atoms with van der Waals surface area (Å²) in [4.78, 5) is 25.3. The molecule has 0 saturated carbocycles. The monoisotopic (exact) mass is 384 g/mol. The van der Waals surface area contributed by atoms with Gasteiger partial charge < -0.3 is 9.47 Å². The SMILES string of the molecule is O=C(NN1C(=O)/C(=C/c2ccc3c(c2)OCO3)SC1=S)c1ccccc1. The van der Waals surface area contributed by atoms with Crippen LogP contribution in [0.2, 0.25) is 0 Å². The van der Waals surface area contributed by atoms with E-state index in [1.165, 1.54) is 0 Å². The van der Waals surface area contributed by atoms with Crippen molar-refractivity contribution in [1.82, 2.24) is 10.4 Å². The van der Waals surface area contributed by atoms with Gasteiger partial charge in [0.25, 0.3) is 11.8 Å². The summed E-state index contributed by atoms with van der Waals surface area (Å²) in [6.45, 7) is 0.187. The van der Waals surface area contributed by atoms with E-state index in [1.807, 2.05) is 12.1 Å². The predicted molar refractivity (Wildman–Crippen MR) is 101 cm³/mol. The van der Waals surface area contributed by atoms with E-state index in [-0.39, 0.29) is 17.0 Å². The molecule has 2 aliphatic rings. The molecule has 2 aromatic carbocycles. The van der Waals surface area contributed by atoms with Gasteiger partial charge in [-0.3, -0.25) is 15.0 Å². The zero-order valence-electron chi connectivity index (χ0n) is 13.3. The summed E-state index contributed by atoms with van der Waals surface area (Å²) in [5.41, 5.74) is 3.78. The van der Waals surface area contributed by atoms with Gasteiger partial charge in [-0.25, -0.2) is 0 Å². The second kappa shape index (κ2) is 6.81. The molecule has 0 radical (unpaired) electrons. The number of ether oxygens (including phenoxy) is 2. The summed E-state index contributed by atoms with van der Waals surface area (Å²) >= 11 is 6.36. The van der Waals surface area contributed by atoms with Crippen molar-refractivity contribution in [3.05, 3.63) is 64.6 Å². The molecule has 130 valence electrons. The van der Waals surface area contributed by atoms with Gasteiger partial charge in [0.2, 0.25) is 6.79 Å². The van der Waals surface area contributed by atoms with Crippen molar-refractivity contribution in [2.45, 2.75) is 0 Å². The first kappa shape index (κ1) is 16.6. The molecule has 6 nitrogen and oxygen atoms in total. The number of hydrazine groups is 1. The standard InChI is InChI=1S/C18H12N2O4S2/c21-16(12-4-2-1-3-5-12)19-20-17(22)15(26-18(20)25)9-11-6-7-13-14(8-11)24-10-23-13/h1-9H,10H2,(H,19,21)/b15-9-. The summed E-state index contributed by atoms with van der Waals surface area (Å²) in [5, 5.41) is 1.09. The molecule has 0 spiro atoms. The molecular formula is C18H12N2O4S2. The van der Waals surface area contributed by atoms with Crippen molar-refractivity contribution in [1.29, 1.82) is 0 Å². The lowest BCUT2D eigenvalue weighted by atomic mass is 10.2. The number of benzene rings is 2. The molecule has 26 heavy (non-hydrogen) atoms. The Kier molecular flexibility index (Phi) is 4.36. The first-order valence-corrected chi connectivity index (χ1v) is 8.88. The molecule has 1 saturated heterocycles. The Hall–Kier alpha value is -2.84. The summed E-state index contributed by atoms with van der Waals surface area (Å²) in [7, 11) is 0. The van der Waals surface area contributed by atoms with E-state index < -0.39 is 5.91 Å². The zero-order valence-corrected chi connectivity index (χ0v) is 14.9. The molecule has 4 rings (SSSR count). The highest BCUT2D eigenvalue weighted by Gasteiger charge is 2.33. The van der Waals surface area contributed by atoms with Gasteiger partial charge in [-0.1, -0.05) is 36.0 Å². The highest BCUT2D eigenvalue weighted by Crippen LogP contribution is 2.35. The van der Waals surface area contributed by atoms with Gasteiger partial charge in [0.05, 0.1) is 4.91 Å². The highest BCUT2D eigenvalue weighted by molar-refractivity contribution is 8.26. The summed E-state index contributed by atoms with van der Waals surface area (Å²) < 4.78 is 10.9. The molecule has 1 N–H and O–H groups in total. The van der Waals surface area contributed by atoms with Gasteiger partial charge in [-0.2, -0.15) is 5.01 Å². The molecule has 0 atom stereocenters. The summed E-state index contributed by atoms with van der Waals surface area (Å²) in [5.74, 6) is 0.532. The molecule has 2 heterocycles. The Labute approximate surface area is 158 Å². The smallest absolute Gasteiger partial charge is 0.285 e. The average molecular weight is 384 g/mol. The first-order chi connectivity index (χ1) is 12.6. The number of fused-ring (bicyclic) bond motifs is 1. The largest absolute Gasteiger partial charge is 0.454 e. The Morgan fingerprint density at radius 1 is 1.15 bits per heavy atom. The van der Waals surface area contributed by atoms with Gasteiger partial charge in [-0.15, -0.1) is 0 Å². The lowest BCUT2D eigenvalue weighted by molar-refractivity contribution is -0.123. The molecule has 0 aromatic heterocycles. The van der Waals surface area contributed by atoms with E-state index in [0.29, 0.717) is 22.0 Å². The zero-order chi connectivity index (χ0) is 18.1. The van der Waals surface area contributed by atoms with Crippen LogP contribution in [-0.4, -0.2) is 27.9 Å². The van der Waals surface area contributed by atoms with Gasteiger partial charge in [-0.05, 0) is 48.1 Å². The van der Waals surface area contributed by atoms with Crippen LogP contribution >= 0.6 is 24.0 Å². The maximum absolute atomic E-state index is 12.6. The van der Waals surface area contributed by atoms with E-state index in [1.54, 1.807) is 42.5 Å². The number of thioether (sulfide) groups is 1. The number of rotatable bonds is 3. The number of hydrogen-bond donors (Lipinski definition) is 1. The Morgan fingerprint density at radius 3 is 2.73 bits per heavy atom. The lowest BCUT2D eigenvalue weighted by Crippen LogP contribution is -2.44. The third kappa shape index (κ3) is 3.16. The van der Waals surface area contributed by atoms with Gasteiger partial charge in [0, 0.05) is 5.56 Å². The third-order valence-corrected chi connectivity index (χ3v) is 5.04.